The van der Waals surface area contributed by atoms with Gasteiger partial charge in [0.1, 0.15) is 0 Å². The van der Waals surface area contributed by atoms with Crippen LogP contribution in [0.25, 0.3) is 0 Å². The average Bonchev–Trinajstić information content (AvgIpc) is 2.95. The molecule has 0 aromatic heterocycles. The second-order valence-electron chi connectivity index (χ2n) is 5.61. The molecule has 1 saturated carbocycles. The zero-order valence-corrected chi connectivity index (χ0v) is 10.7. The van der Waals surface area contributed by atoms with Crippen LogP contribution in [-0.2, 0) is 6.42 Å². The maximum absolute atomic E-state index is 6.47. The first-order chi connectivity index (χ1) is 8.24. The summed E-state index contributed by atoms with van der Waals surface area (Å²) in [5.41, 5.74) is 9.51. The number of para-hydroxylation sites is 1. The van der Waals surface area contributed by atoms with E-state index in [1.54, 1.807) is 0 Å². The van der Waals surface area contributed by atoms with E-state index in [1.165, 1.54) is 43.4 Å². The van der Waals surface area contributed by atoms with Gasteiger partial charge in [0.2, 0.25) is 0 Å². The van der Waals surface area contributed by atoms with Gasteiger partial charge in [-0.15, -0.1) is 0 Å². The highest BCUT2D eigenvalue weighted by atomic mass is 15.2. The van der Waals surface area contributed by atoms with Gasteiger partial charge in [-0.3, -0.25) is 0 Å². The molecule has 0 spiro atoms. The summed E-state index contributed by atoms with van der Waals surface area (Å²) in [5.74, 6) is 0. The van der Waals surface area contributed by atoms with Crippen LogP contribution in [0.15, 0.2) is 24.3 Å². The molecule has 92 valence electrons. The van der Waals surface area contributed by atoms with Gasteiger partial charge in [-0.25, -0.2) is 0 Å². The normalized spacial score (nSPS) is 22.4. The first-order valence-electron chi connectivity index (χ1n) is 6.88. The van der Waals surface area contributed by atoms with E-state index in [0.29, 0.717) is 6.04 Å². The summed E-state index contributed by atoms with van der Waals surface area (Å²) in [6, 6.07) is 9.37. The summed E-state index contributed by atoms with van der Waals surface area (Å²) < 4.78 is 0. The third-order valence-electron chi connectivity index (χ3n) is 4.35. The lowest BCUT2D eigenvalue weighted by Crippen LogP contribution is -2.49. The molecule has 0 bridgehead atoms. The molecular formula is C15H22N2. The van der Waals surface area contributed by atoms with Crippen molar-refractivity contribution in [3.63, 3.8) is 0 Å². The lowest BCUT2D eigenvalue weighted by Gasteiger charge is -2.35. The van der Waals surface area contributed by atoms with E-state index in [4.69, 9.17) is 5.73 Å². The van der Waals surface area contributed by atoms with Crippen LogP contribution in [-0.4, -0.2) is 18.1 Å². The van der Waals surface area contributed by atoms with Gasteiger partial charge < -0.3 is 10.6 Å². The van der Waals surface area contributed by atoms with Crippen molar-refractivity contribution in [1.29, 1.82) is 0 Å². The van der Waals surface area contributed by atoms with Gasteiger partial charge >= 0.3 is 0 Å². The monoisotopic (exact) mass is 230 g/mol. The maximum Gasteiger partial charge on any atom is 0.0469 e. The zero-order chi connectivity index (χ0) is 11.9. The highest BCUT2D eigenvalue weighted by molar-refractivity contribution is 5.59. The minimum atomic E-state index is 0.105. The Morgan fingerprint density at radius 1 is 1.35 bits per heavy atom. The Hall–Kier alpha value is -1.02. The van der Waals surface area contributed by atoms with Gasteiger partial charge in [-0.05, 0) is 37.3 Å². The third-order valence-corrected chi connectivity index (χ3v) is 4.35. The van der Waals surface area contributed by atoms with Crippen molar-refractivity contribution >= 4 is 5.69 Å². The SMILES string of the molecule is CCCC(N1CCc2ccccc21)C1(N)CC1. The predicted octanol–water partition coefficient (Wildman–Crippen LogP) is 2.71. The van der Waals surface area contributed by atoms with Crippen LogP contribution < -0.4 is 10.6 Å². The number of fused-ring (bicyclic) bond motifs is 1. The quantitative estimate of drug-likeness (QED) is 0.861. The molecule has 17 heavy (non-hydrogen) atoms. The molecule has 0 amide bonds. The number of benzene rings is 1. The van der Waals surface area contributed by atoms with Gasteiger partial charge in [0.25, 0.3) is 0 Å². The topological polar surface area (TPSA) is 29.3 Å². The number of hydrogen-bond donors (Lipinski definition) is 1. The summed E-state index contributed by atoms with van der Waals surface area (Å²) in [6.45, 7) is 3.42. The van der Waals surface area contributed by atoms with Crippen molar-refractivity contribution in [1.82, 2.24) is 0 Å². The maximum atomic E-state index is 6.47. The van der Waals surface area contributed by atoms with E-state index in [-0.39, 0.29) is 5.54 Å². The molecule has 2 heteroatoms. The first-order valence-corrected chi connectivity index (χ1v) is 6.88. The van der Waals surface area contributed by atoms with Crippen molar-refractivity contribution in [3.8, 4) is 0 Å². The standard InChI is InChI=1S/C15H22N2/c1-2-5-14(15(16)9-10-15)17-11-8-12-6-3-4-7-13(12)17/h3-4,6-7,14H,2,5,8-11,16H2,1H3. The lowest BCUT2D eigenvalue weighted by molar-refractivity contribution is 0.447. The molecule has 1 atom stereocenters. The smallest absolute Gasteiger partial charge is 0.0469 e. The lowest BCUT2D eigenvalue weighted by atomic mass is 9.99. The molecular weight excluding hydrogens is 208 g/mol. The zero-order valence-electron chi connectivity index (χ0n) is 10.7. The van der Waals surface area contributed by atoms with Crippen molar-refractivity contribution < 1.29 is 0 Å². The van der Waals surface area contributed by atoms with E-state index in [2.05, 4.69) is 36.1 Å². The van der Waals surface area contributed by atoms with Crippen molar-refractivity contribution in [2.24, 2.45) is 5.73 Å². The Labute approximate surface area is 104 Å². The summed E-state index contributed by atoms with van der Waals surface area (Å²) in [5, 5.41) is 0. The van der Waals surface area contributed by atoms with E-state index in [9.17, 15) is 0 Å². The molecule has 0 radical (unpaired) electrons. The molecule has 1 heterocycles. The molecule has 1 aromatic carbocycles. The first kappa shape index (κ1) is 11.1. The average molecular weight is 230 g/mol. The summed E-state index contributed by atoms with van der Waals surface area (Å²) >= 11 is 0. The van der Waals surface area contributed by atoms with Crippen LogP contribution in [0, 0.1) is 0 Å². The van der Waals surface area contributed by atoms with E-state index in [1.807, 2.05) is 0 Å². The van der Waals surface area contributed by atoms with Crippen LogP contribution in [0.3, 0.4) is 0 Å². The second-order valence-corrected chi connectivity index (χ2v) is 5.61. The van der Waals surface area contributed by atoms with Crippen LogP contribution >= 0.6 is 0 Å². The van der Waals surface area contributed by atoms with E-state index >= 15 is 0 Å². The van der Waals surface area contributed by atoms with E-state index in [0.717, 1.165) is 6.54 Å². The Morgan fingerprint density at radius 3 is 2.82 bits per heavy atom. The molecule has 2 nitrogen and oxygen atoms in total. The Morgan fingerprint density at radius 2 is 2.12 bits per heavy atom. The fourth-order valence-electron chi connectivity index (χ4n) is 3.19. The van der Waals surface area contributed by atoms with Crippen LogP contribution in [0.5, 0.6) is 0 Å². The molecule has 2 aliphatic rings. The van der Waals surface area contributed by atoms with Crippen molar-refractivity contribution in [2.45, 2.75) is 50.6 Å². The highest BCUT2D eigenvalue weighted by Crippen LogP contribution is 2.43. The molecule has 1 aliphatic heterocycles. The fourth-order valence-corrected chi connectivity index (χ4v) is 3.19. The fraction of sp³-hybridized carbons (Fsp3) is 0.600. The van der Waals surface area contributed by atoms with E-state index < -0.39 is 0 Å². The number of hydrogen-bond acceptors (Lipinski definition) is 2. The summed E-state index contributed by atoms with van der Waals surface area (Å²) in [7, 11) is 0. The molecule has 3 rings (SSSR count). The van der Waals surface area contributed by atoms with Gasteiger partial charge in [0.05, 0.1) is 0 Å². The number of rotatable bonds is 4. The van der Waals surface area contributed by atoms with Gasteiger partial charge in [0, 0.05) is 23.8 Å². The Bertz CT molecular complexity index is 409. The van der Waals surface area contributed by atoms with Gasteiger partial charge in [-0.1, -0.05) is 31.5 Å². The predicted molar refractivity (Wildman–Crippen MR) is 72.3 cm³/mol. The molecule has 1 aromatic rings. The largest absolute Gasteiger partial charge is 0.366 e. The molecule has 2 N–H and O–H groups in total. The summed E-state index contributed by atoms with van der Waals surface area (Å²) in [6.07, 6.45) is 6.05. The third kappa shape index (κ3) is 1.85. The molecule has 1 aliphatic carbocycles. The van der Waals surface area contributed by atoms with Crippen molar-refractivity contribution in [3.05, 3.63) is 29.8 Å². The van der Waals surface area contributed by atoms with Crippen molar-refractivity contribution in [2.75, 3.05) is 11.4 Å². The van der Waals surface area contributed by atoms with Crippen LogP contribution in [0.2, 0.25) is 0 Å². The minimum Gasteiger partial charge on any atom is -0.366 e. The summed E-state index contributed by atoms with van der Waals surface area (Å²) in [4.78, 5) is 2.58. The molecule has 1 unspecified atom stereocenters. The Kier molecular flexibility index (Phi) is 2.62. The minimum absolute atomic E-state index is 0.105. The highest BCUT2D eigenvalue weighted by Gasteiger charge is 2.48. The van der Waals surface area contributed by atoms with Gasteiger partial charge in [-0.2, -0.15) is 0 Å². The number of anilines is 1. The molecule has 1 fully saturated rings. The van der Waals surface area contributed by atoms with Crippen LogP contribution in [0.1, 0.15) is 38.2 Å². The number of nitrogens with two attached hydrogens (primary N) is 1. The van der Waals surface area contributed by atoms with Crippen LogP contribution in [0.4, 0.5) is 5.69 Å². The van der Waals surface area contributed by atoms with Gasteiger partial charge in [0.15, 0.2) is 0 Å². The molecule has 0 saturated heterocycles. The number of nitrogens with zero attached hydrogens (tertiary/aromatic N) is 1. The Balaban J connectivity index is 1.88. The second kappa shape index (κ2) is 4.02.